The van der Waals surface area contributed by atoms with E-state index in [2.05, 4.69) is 5.92 Å². The van der Waals surface area contributed by atoms with Gasteiger partial charge in [0, 0.05) is 6.54 Å². The minimum atomic E-state index is -0.728. The van der Waals surface area contributed by atoms with Crippen molar-refractivity contribution in [3.05, 3.63) is 71.3 Å². The van der Waals surface area contributed by atoms with Gasteiger partial charge in [-0.15, -0.1) is 6.42 Å². The van der Waals surface area contributed by atoms with Crippen LogP contribution in [0, 0.1) is 18.3 Å². The molecule has 1 heterocycles. The van der Waals surface area contributed by atoms with Crippen LogP contribution < -0.4 is 28.4 Å². The molecule has 3 atom stereocenters. The van der Waals surface area contributed by atoms with Crippen molar-refractivity contribution >= 4 is 11.9 Å². The molecule has 2 aliphatic rings. The number of benzene rings is 3. The highest BCUT2D eigenvalue weighted by atomic mass is 16.5. The van der Waals surface area contributed by atoms with Crippen LogP contribution in [0.2, 0.25) is 0 Å². The van der Waals surface area contributed by atoms with Crippen molar-refractivity contribution in [1.29, 1.82) is 0 Å². The van der Waals surface area contributed by atoms with Crippen LogP contribution in [0.3, 0.4) is 0 Å². The van der Waals surface area contributed by atoms with Crippen molar-refractivity contribution in [3.8, 4) is 46.8 Å². The van der Waals surface area contributed by atoms with Crippen LogP contribution in [-0.2, 0) is 20.7 Å². The van der Waals surface area contributed by atoms with E-state index in [1.165, 1.54) is 0 Å². The minimum absolute atomic E-state index is 0.0700. The second kappa shape index (κ2) is 19.2. The lowest BCUT2D eigenvalue weighted by molar-refractivity contribution is -0.163. The number of hydrogen-bond donors (Lipinski definition) is 0. The Morgan fingerprint density at radius 1 is 0.774 bits per heavy atom. The van der Waals surface area contributed by atoms with Crippen molar-refractivity contribution < 1.29 is 42.7 Å². The highest BCUT2D eigenvalue weighted by molar-refractivity contribution is 5.89. The molecule has 284 valence electrons. The number of piperidine rings is 1. The predicted molar refractivity (Wildman–Crippen MR) is 202 cm³/mol. The maximum absolute atomic E-state index is 14.9. The standard InChI is InChI=1S/C43H53NO9/c1-7-24-52-33-17-13-16-31(26-33)35(21-19-29-20-22-36(47-2)37(25-29)48-3)53-43(46)34-18-11-12-23-44(34)42(45)40(30-14-9-8-10-15-30)32-27-38(49-4)41(51-6)39(28-32)50-5/h1,13,16-17,20,22,25-28,30,34-35,40H,8-12,14-15,18-19,21,23-24H2,2-6H3/t34-,35+,40+/m1/s1. The molecule has 10 nitrogen and oxygen atoms in total. The summed E-state index contributed by atoms with van der Waals surface area (Å²) in [6, 6.07) is 16.3. The topological polar surface area (TPSA) is 102 Å². The molecule has 1 aliphatic heterocycles. The Balaban J connectivity index is 1.45. The number of carbonyl (C=O) groups is 2. The van der Waals surface area contributed by atoms with Gasteiger partial charge in [-0.3, -0.25) is 4.79 Å². The van der Waals surface area contributed by atoms with E-state index in [0.717, 1.165) is 61.6 Å². The fraction of sp³-hybridized carbons (Fsp3) is 0.488. The van der Waals surface area contributed by atoms with Gasteiger partial charge in [-0.1, -0.05) is 43.4 Å². The Morgan fingerprint density at radius 3 is 2.13 bits per heavy atom. The number of carbonyl (C=O) groups excluding carboxylic acids is 2. The first-order valence-electron chi connectivity index (χ1n) is 18.5. The normalized spacial score (nSPS) is 17.1. The minimum Gasteiger partial charge on any atom is -0.493 e. The molecule has 1 saturated carbocycles. The molecule has 53 heavy (non-hydrogen) atoms. The third-order valence-electron chi connectivity index (χ3n) is 10.4. The van der Waals surface area contributed by atoms with Crippen LogP contribution in [-0.4, -0.2) is 71.5 Å². The molecular weight excluding hydrogens is 674 g/mol. The van der Waals surface area contributed by atoms with E-state index in [0.29, 0.717) is 60.3 Å². The van der Waals surface area contributed by atoms with E-state index < -0.39 is 24.0 Å². The summed E-state index contributed by atoms with van der Waals surface area (Å²) >= 11 is 0. The van der Waals surface area contributed by atoms with Gasteiger partial charge in [0.05, 0.1) is 41.5 Å². The van der Waals surface area contributed by atoms with E-state index >= 15 is 0 Å². The number of hydrogen-bond acceptors (Lipinski definition) is 9. The number of amides is 1. The first-order chi connectivity index (χ1) is 25.8. The van der Waals surface area contributed by atoms with Gasteiger partial charge < -0.3 is 38.1 Å². The summed E-state index contributed by atoms with van der Waals surface area (Å²) in [5.74, 6) is 4.95. The van der Waals surface area contributed by atoms with Crippen LogP contribution in [0.1, 0.15) is 86.5 Å². The van der Waals surface area contributed by atoms with Crippen LogP contribution in [0.15, 0.2) is 54.6 Å². The molecule has 2 fully saturated rings. The number of esters is 1. The SMILES string of the molecule is C#CCOc1cccc([C@H](CCc2ccc(OC)c(OC)c2)OC(=O)[C@H]2CCCCN2C(=O)[C@H](c2cc(OC)c(OC)c(OC)c2)C2CCCCC2)c1. The Bertz CT molecular complexity index is 1700. The molecule has 3 aromatic carbocycles. The van der Waals surface area contributed by atoms with Crippen molar-refractivity contribution in [2.75, 3.05) is 48.7 Å². The highest BCUT2D eigenvalue weighted by Crippen LogP contribution is 2.45. The summed E-state index contributed by atoms with van der Waals surface area (Å²) < 4.78 is 40.1. The number of rotatable bonds is 16. The fourth-order valence-corrected chi connectivity index (χ4v) is 7.76. The van der Waals surface area contributed by atoms with Gasteiger partial charge in [0.2, 0.25) is 11.7 Å². The second-order valence-electron chi connectivity index (χ2n) is 13.6. The van der Waals surface area contributed by atoms with Gasteiger partial charge in [0.15, 0.2) is 23.0 Å². The molecule has 0 aromatic heterocycles. The Kier molecular flexibility index (Phi) is 14.2. The molecular formula is C43H53NO9. The Hall–Kier alpha value is -5.04. The number of likely N-dealkylation sites (tertiary alicyclic amines) is 1. The average molecular weight is 728 g/mol. The van der Waals surface area contributed by atoms with Gasteiger partial charge >= 0.3 is 5.97 Å². The number of nitrogens with zero attached hydrogens (tertiary/aromatic N) is 1. The predicted octanol–water partition coefficient (Wildman–Crippen LogP) is 7.70. The molecule has 0 radical (unpaired) electrons. The fourth-order valence-electron chi connectivity index (χ4n) is 7.76. The molecule has 0 N–H and O–H groups in total. The highest BCUT2D eigenvalue weighted by Gasteiger charge is 2.41. The molecule has 10 heteroatoms. The summed E-state index contributed by atoms with van der Waals surface area (Å²) in [7, 11) is 7.92. The summed E-state index contributed by atoms with van der Waals surface area (Å²) in [4.78, 5) is 31.1. The maximum atomic E-state index is 14.9. The van der Waals surface area contributed by atoms with Crippen LogP contribution >= 0.6 is 0 Å². The molecule has 0 unspecified atom stereocenters. The molecule has 1 amide bonds. The number of methoxy groups -OCH3 is 5. The summed E-state index contributed by atoms with van der Waals surface area (Å²) in [5.41, 5.74) is 2.57. The van der Waals surface area contributed by atoms with Crippen molar-refractivity contribution in [2.24, 2.45) is 5.92 Å². The molecule has 1 aliphatic carbocycles. The number of terminal acetylenes is 1. The first-order valence-corrected chi connectivity index (χ1v) is 18.5. The Labute approximate surface area is 314 Å². The first kappa shape index (κ1) is 39.2. The van der Waals surface area contributed by atoms with Gasteiger partial charge in [-0.2, -0.15) is 0 Å². The van der Waals surface area contributed by atoms with E-state index in [4.69, 9.17) is 39.6 Å². The summed E-state index contributed by atoms with van der Waals surface area (Å²) in [6.45, 7) is 0.588. The molecule has 0 bridgehead atoms. The lowest BCUT2D eigenvalue weighted by atomic mass is 9.75. The summed E-state index contributed by atoms with van der Waals surface area (Å²) in [6.07, 6.45) is 13.1. The monoisotopic (exact) mass is 727 g/mol. The number of aryl methyl sites for hydroxylation is 1. The quantitative estimate of drug-likeness (QED) is 0.109. The lowest BCUT2D eigenvalue weighted by Gasteiger charge is -2.40. The van der Waals surface area contributed by atoms with E-state index in [1.54, 1.807) is 40.4 Å². The van der Waals surface area contributed by atoms with Crippen molar-refractivity contribution in [1.82, 2.24) is 4.90 Å². The third-order valence-corrected chi connectivity index (χ3v) is 10.4. The molecule has 1 saturated heterocycles. The van der Waals surface area contributed by atoms with Gasteiger partial charge in [0.25, 0.3) is 0 Å². The molecule has 3 aromatic rings. The van der Waals surface area contributed by atoms with Gasteiger partial charge in [0.1, 0.15) is 24.5 Å². The van der Waals surface area contributed by atoms with E-state index in [9.17, 15) is 9.59 Å². The largest absolute Gasteiger partial charge is 0.493 e. The smallest absolute Gasteiger partial charge is 0.329 e. The second-order valence-corrected chi connectivity index (χ2v) is 13.6. The van der Waals surface area contributed by atoms with E-state index in [1.807, 2.05) is 54.6 Å². The van der Waals surface area contributed by atoms with Crippen LogP contribution in [0.5, 0.6) is 34.5 Å². The van der Waals surface area contributed by atoms with Gasteiger partial charge in [-0.25, -0.2) is 4.79 Å². The van der Waals surface area contributed by atoms with Crippen molar-refractivity contribution in [2.45, 2.75) is 82.3 Å². The summed E-state index contributed by atoms with van der Waals surface area (Å²) in [5, 5.41) is 0. The zero-order chi connectivity index (χ0) is 37.7. The maximum Gasteiger partial charge on any atom is 0.329 e. The van der Waals surface area contributed by atoms with E-state index in [-0.39, 0.29) is 18.4 Å². The number of ether oxygens (including phenoxy) is 7. The lowest BCUT2D eigenvalue weighted by Crippen LogP contribution is -2.51. The third kappa shape index (κ3) is 9.50. The van der Waals surface area contributed by atoms with Crippen LogP contribution in [0.4, 0.5) is 0 Å². The van der Waals surface area contributed by atoms with Gasteiger partial charge in [-0.05, 0) is 104 Å². The van der Waals surface area contributed by atoms with Crippen LogP contribution in [0.25, 0.3) is 0 Å². The zero-order valence-corrected chi connectivity index (χ0v) is 31.7. The van der Waals surface area contributed by atoms with Crippen molar-refractivity contribution in [3.63, 3.8) is 0 Å². The zero-order valence-electron chi connectivity index (χ0n) is 31.7. The molecule has 0 spiro atoms. The molecule has 5 rings (SSSR count). The Morgan fingerprint density at radius 2 is 1.47 bits per heavy atom. The average Bonchev–Trinajstić information content (AvgIpc) is 3.21.